The van der Waals surface area contributed by atoms with Crippen LogP contribution in [0.25, 0.3) is 0 Å². The van der Waals surface area contributed by atoms with Crippen molar-refractivity contribution in [1.29, 1.82) is 0 Å². The molecule has 0 saturated carbocycles. The zero-order chi connectivity index (χ0) is 12.4. The lowest BCUT2D eigenvalue weighted by Crippen LogP contribution is -2.45. The van der Waals surface area contributed by atoms with Crippen LogP contribution >= 0.6 is 0 Å². The second-order valence-corrected chi connectivity index (χ2v) is 5.22. The second-order valence-electron chi connectivity index (χ2n) is 5.22. The van der Waals surface area contributed by atoms with Gasteiger partial charge >= 0.3 is 0 Å². The minimum atomic E-state index is 0.641. The molecule has 17 heavy (non-hydrogen) atoms. The lowest BCUT2D eigenvalue weighted by Gasteiger charge is -2.38. The quantitative estimate of drug-likeness (QED) is 0.794. The van der Waals surface area contributed by atoms with Crippen LogP contribution in [0, 0.1) is 6.92 Å². The third-order valence-corrected chi connectivity index (χ3v) is 3.71. The standard InChI is InChI=1S/C14H23N3/c1-11-6-4-8-13(15)14(11)17-9-5-7-12(10-17)16(2)3/h4,6,8,12H,5,7,9-10,15H2,1-3H3. The molecule has 2 N–H and O–H groups in total. The van der Waals surface area contributed by atoms with Crippen molar-refractivity contribution in [1.82, 2.24) is 4.90 Å². The Morgan fingerprint density at radius 1 is 1.35 bits per heavy atom. The van der Waals surface area contributed by atoms with Gasteiger partial charge in [-0.1, -0.05) is 12.1 Å². The van der Waals surface area contributed by atoms with Gasteiger partial charge in [-0.2, -0.15) is 0 Å². The van der Waals surface area contributed by atoms with Gasteiger partial charge in [-0.3, -0.25) is 0 Å². The number of benzene rings is 1. The summed E-state index contributed by atoms with van der Waals surface area (Å²) in [5.74, 6) is 0. The molecular weight excluding hydrogens is 210 g/mol. The van der Waals surface area contributed by atoms with Crippen LogP contribution in [0.4, 0.5) is 11.4 Å². The monoisotopic (exact) mass is 233 g/mol. The van der Waals surface area contributed by atoms with E-state index in [0.29, 0.717) is 6.04 Å². The normalized spacial score (nSPS) is 20.9. The second kappa shape index (κ2) is 4.96. The van der Waals surface area contributed by atoms with Crippen molar-refractivity contribution in [2.24, 2.45) is 0 Å². The van der Waals surface area contributed by atoms with E-state index in [-0.39, 0.29) is 0 Å². The number of piperidine rings is 1. The van der Waals surface area contributed by atoms with Gasteiger partial charge < -0.3 is 15.5 Å². The van der Waals surface area contributed by atoms with Gasteiger partial charge in [0.2, 0.25) is 0 Å². The fourth-order valence-electron chi connectivity index (χ4n) is 2.69. The van der Waals surface area contributed by atoms with Gasteiger partial charge in [0.05, 0.1) is 11.4 Å². The first kappa shape index (κ1) is 12.2. The number of anilines is 2. The Hall–Kier alpha value is -1.22. The van der Waals surface area contributed by atoms with E-state index in [0.717, 1.165) is 18.8 Å². The smallest absolute Gasteiger partial charge is 0.0630 e. The number of likely N-dealkylation sites (N-methyl/N-ethyl adjacent to an activating group) is 1. The maximum absolute atomic E-state index is 6.12. The molecule has 3 nitrogen and oxygen atoms in total. The number of aryl methyl sites for hydroxylation is 1. The van der Waals surface area contributed by atoms with Gasteiger partial charge in [0.25, 0.3) is 0 Å². The third kappa shape index (κ3) is 2.55. The Kier molecular flexibility index (Phi) is 3.57. The highest BCUT2D eigenvalue weighted by molar-refractivity contribution is 5.71. The Bertz CT molecular complexity index is 367. The Morgan fingerprint density at radius 3 is 2.76 bits per heavy atom. The highest BCUT2D eigenvalue weighted by Crippen LogP contribution is 2.30. The molecule has 0 spiro atoms. The van der Waals surface area contributed by atoms with Crippen LogP contribution in [-0.2, 0) is 0 Å². The molecule has 1 aliphatic heterocycles. The predicted molar refractivity (Wildman–Crippen MR) is 74.5 cm³/mol. The molecule has 3 heteroatoms. The Morgan fingerprint density at radius 2 is 2.12 bits per heavy atom. The number of para-hydroxylation sites is 1. The van der Waals surface area contributed by atoms with Crippen molar-refractivity contribution >= 4 is 11.4 Å². The maximum Gasteiger partial charge on any atom is 0.0630 e. The molecule has 1 saturated heterocycles. The Labute approximate surface area is 104 Å². The summed E-state index contributed by atoms with van der Waals surface area (Å²) in [5.41, 5.74) is 9.54. The summed E-state index contributed by atoms with van der Waals surface area (Å²) in [6.07, 6.45) is 2.53. The number of nitrogens with two attached hydrogens (primary N) is 1. The molecule has 1 aromatic rings. The van der Waals surface area contributed by atoms with Gasteiger partial charge in [0.15, 0.2) is 0 Å². The molecular formula is C14H23N3. The molecule has 0 amide bonds. The molecule has 94 valence electrons. The van der Waals surface area contributed by atoms with Crippen molar-refractivity contribution < 1.29 is 0 Å². The van der Waals surface area contributed by atoms with E-state index in [9.17, 15) is 0 Å². The van der Waals surface area contributed by atoms with Crippen molar-refractivity contribution in [2.75, 3.05) is 37.8 Å². The minimum absolute atomic E-state index is 0.641. The van der Waals surface area contributed by atoms with Crippen molar-refractivity contribution in [2.45, 2.75) is 25.8 Å². The molecule has 1 heterocycles. The molecule has 0 bridgehead atoms. The Balaban J connectivity index is 2.22. The highest BCUT2D eigenvalue weighted by Gasteiger charge is 2.23. The van der Waals surface area contributed by atoms with Gasteiger partial charge in [0.1, 0.15) is 0 Å². The molecule has 0 aromatic heterocycles. The van der Waals surface area contributed by atoms with Gasteiger partial charge in [-0.15, -0.1) is 0 Å². The molecule has 2 rings (SSSR count). The highest BCUT2D eigenvalue weighted by atomic mass is 15.2. The van der Waals surface area contributed by atoms with Crippen LogP contribution in [0.15, 0.2) is 18.2 Å². The van der Waals surface area contributed by atoms with E-state index < -0.39 is 0 Å². The lowest BCUT2D eigenvalue weighted by molar-refractivity contribution is 0.258. The molecule has 1 fully saturated rings. The SMILES string of the molecule is Cc1cccc(N)c1N1CCCC(N(C)C)C1. The summed E-state index contributed by atoms with van der Waals surface area (Å²) in [7, 11) is 4.32. The number of nitrogen functional groups attached to an aromatic ring is 1. The van der Waals surface area contributed by atoms with E-state index in [2.05, 4.69) is 36.9 Å². The molecule has 1 atom stereocenters. The summed E-state index contributed by atoms with van der Waals surface area (Å²) < 4.78 is 0. The van der Waals surface area contributed by atoms with Crippen LogP contribution in [-0.4, -0.2) is 38.1 Å². The van der Waals surface area contributed by atoms with Gasteiger partial charge in [-0.05, 0) is 45.5 Å². The average molecular weight is 233 g/mol. The number of hydrogen-bond acceptors (Lipinski definition) is 3. The summed E-state index contributed by atoms with van der Waals surface area (Å²) in [5, 5.41) is 0. The summed E-state index contributed by atoms with van der Waals surface area (Å²) in [4.78, 5) is 4.76. The van der Waals surface area contributed by atoms with E-state index >= 15 is 0 Å². The average Bonchev–Trinajstić information content (AvgIpc) is 2.29. The number of hydrogen-bond donors (Lipinski definition) is 1. The van der Waals surface area contributed by atoms with Crippen molar-refractivity contribution in [3.05, 3.63) is 23.8 Å². The zero-order valence-corrected chi connectivity index (χ0v) is 11.1. The largest absolute Gasteiger partial charge is 0.397 e. The van der Waals surface area contributed by atoms with Gasteiger partial charge in [0, 0.05) is 19.1 Å². The molecule has 1 unspecified atom stereocenters. The predicted octanol–water partition coefficient (Wildman–Crippen LogP) is 2.11. The molecule has 1 aliphatic rings. The topological polar surface area (TPSA) is 32.5 Å². The van der Waals surface area contributed by atoms with Crippen LogP contribution in [0.5, 0.6) is 0 Å². The van der Waals surface area contributed by atoms with E-state index in [1.54, 1.807) is 0 Å². The third-order valence-electron chi connectivity index (χ3n) is 3.71. The van der Waals surface area contributed by atoms with E-state index in [1.165, 1.54) is 24.1 Å². The summed E-state index contributed by atoms with van der Waals surface area (Å²) >= 11 is 0. The van der Waals surface area contributed by atoms with Crippen molar-refractivity contribution in [3.63, 3.8) is 0 Å². The van der Waals surface area contributed by atoms with Gasteiger partial charge in [-0.25, -0.2) is 0 Å². The fraction of sp³-hybridized carbons (Fsp3) is 0.571. The molecule has 0 aliphatic carbocycles. The van der Waals surface area contributed by atoms with Crippen LogP contribution in [0.2, 0.25) is 0 Å². The minimum Gasteiger partial charge on any atom is -0.397 e. The van der Waals surface area contributed by atoms with Crippen LogP contribution < -0.4 is 10.6 Å². The fourth-order valence-corrected chi connectivity index (χ4v) is 2.69. The van der Waals surface area contributed by atoms with Crippen LogP contribution in [0.1, 0.15) is 18.4 Å². The first-order valence-electron chi connectivity index (χ1n) is 6.36. The van der Waals surface area contributed by atoms with E-state index in [4.69, 9.17) is 5.73 Å². The first-order chi connectivity index (χ1) is 8.09. The number of rotatable bonds is 2. The first-order valence-corrected chi connectivity index (χ1v) is 6.36. The maximum atomic E-state index is 6.12. The summed E-state index contributed by atoms with van der Waals surface area (Å²) in [6.45, 7) is 4.35. The molecule has 0 radical (unpaired) electrons. The molecule has 1 aromatic carbocycles. The van der Waals surface area contributed by atoms with E-state index in [1.807, 2.05) is 12.1 Å². The zero-order valence-electron chi connectivity index (χ0n) is 11.1. The number of nitrogens with zero attached hydrogens (tertiary/aromatic N) is 2. The van der Waals surface area contributed by atoms with Crippen molar-refractivity contribution in [3.8, 4) is 0 Å². The lowest BCUT2D eigenvalue weighted by atomic mass is 10.0. The van der Waals surface area contributed by atoms with Crippen LogP contribution in [0.3, 0.4) is 0 Å². The summed E-state index contributed by atoms with van der Waals surface area (Å²) in [6, 6.07) is 6.82.